The first kappa shape index (κ1) is 70.0. The van der Waals surface area contributed by atoms with Crippen molar-refractivity contribution in [2.24, 2.45) is 0 Å². The Hall–Kier alpha value is -12.5. The Bertz CT molecular complexity index is 6460. The van der Waals surface area contributed by atoms with E-state index in [-0.39, 0.29) is 37.9 Å². The molecule has 0 amide bonds. The van der Waals surface area contributed by atoms with E-state index in [1.165, 1.54) is 245 Å². The quantitative estimate of drug-likeness (QED) is 0.142. The highest BCUT2D eigenvalue weighted by Gasteiger charge is 2.44. The second-order valence-electron chi connectivity index (χ2n) is 38.8. The molecule has 7 aliphatic carbocycles. The molecular formula is C117H94. The first-order chi connectivity index (χ1) is 56.2. The first-order valence-corrected chi connectivity index (χ1v) is 42.4. The number of fused-ring (bicyclic) bond motifs is 21. The largest absolute Gasteiger partial charge is 0.0619 e. The molecule has 0 radical (unpaired) electrons. The molecule has 0 aliphatic heterocycles. The topological polar surface area (TPSA) is 0 Å². The molecule has 0 unspecified atom stereocenters. The molecule has 16 aromatic rings. The molecule has 0 fully saturated rings. The Kier molecular flexibility index (Phi) is 14.3. The summed E-state index contributed by atoms with van der Waals surface area (Å²) in [5, 5.41) is 0. The van der Waals surface area contributed by atoms with Crippen LogP contribution < -0.4 is 0 Å². The van der Waals surface area contributed by atoms with Crippen LogP contribution in [0.15, 0.2) is 315 Å². The monoisotopic (exact) mass is 1500 g/mol. The summed E-state index contributed by atoms with van der Waals surface area (Å²) < 4.78 is 0. The van der Waals surface area contributed by atoms with E-state index in [0.717, 1.165) is 0 Å². The van der Waals surface area contributed by atoms with Gasteiger partial charge in [-0.05, 0) is 342 Å². The zero-order valence-electron chi connectivity index (χ0n) is 69.5. The van der Waals surface area contributed by atoms with Crippen LogP contribution in [-0.2, 0) is 37.9 Å². The highest BCUT2D eigenvalue weighted by molar-refractivity contribution is 5.96. The second-order valence-corrected chi connectivity index (χ2v) is 38.8. The highest BCUT2D eigenvalue weighted by Crippen LogP contribution is 2.60. The van der Waals surface area contributed by atoms with E-state index in [0.29, 0.717) is 0 Å². The van der Waals surface area contributed by atoms with Gasteiger partial charge in [-0.2, -0.15) is 0 Å². The van der Waals surface area contributed by atoms with Gasteiger partial charge in [-0.1, -0.05) is 315 Å². The summed E-state index contributed by atoms with van der Waals surface area (Å²) in [5.41, 5.74) is 56.9. The lowest BCUT2D eigenvalue weighted by Gasteiger charge is -2.24. The van der Waals surface area contributed by atoms with Gasteiger partial charge in [0, 0.05) is 37.9 Å². The van der Waals surface area contributed by atoms with E-state index in [9.17, 15) is 0 Å². The van der Waals surface area contributed by atoms with Gasteiger partial charge in [-0.25, -0.2) is 0 Å². The van der Waals surface area contributed by atoms with Crippen LogP contribution >= 0.6 is 0 Å². The Morgan fingerprint density at radius 3 is 0.359 bits per heavy atom. The van der Waals surface area contributed by atoms with E-state index in [1.807, 2.05) is 0 Å². The van der Waals surface area contributed by atoms with Crippen molar-refractivity contribution in [3.63, 3.8) is 0 Å². The van der Waals surface area contributed by atoms with E-state index >= 15 is 0 Å². The molecule has 16 aromatic carbocycles. The van der Waals surface area contributed by atoms with Crippen LogP contribution in [0.3, 0.4) is 0 Å². The molecular weight excluding hydrogens is 1410 g/mol. The van der Waals surface area contributed by atoms with Crippen molar-refractivity contribution in [1.29, 1.82) is 0 Å². The summed E-state index contributed by atoms with van der Waals surface area (Å²) in [6, 6.07) is 123. The maximum atomic E-state index is 2.52. The molecule has 0 heterocycles. The molecule has 0 saturated heterocycles. The molecule has 0 nitrogen and oxygen atoms in total. The zero-order valence-corrected chi connectivity index (χ0v) is 69.5. The summed E-state index contributed by atoms with van der Waals surface area (Å²) in [7, 11) is 0. The molecule has 0 N–H and O–H groups in total. The van der Waals surface area contributed by atoms with Crippen LogP contribution in [0, 0.1) is 0 Å². The number of hydrogen-bond donors (Lipinski definition) is 0. The molecule has 117 heavy (non-hydrogen) atoms. The van der Waals surface area contributed by atoms with E-state index in [1.54, 1.807) is 0 Å². The molecule has 23 rings (SSSR count). The molecule has 0 aromatic heterocycles. The zero-order chi connectivity index (χ0) is 79.7. The summed E-state index contributed by atoms with van der Waals surface area (Å²) in [5.74, 6) is 0. The lowest BCUT2D eigenvalue weighted by Crippen LogP contribution is -2.16. The minimum Gasteiger partial charge on any atom is -0.0619 e. The molecule has 0 atom stereocenters. The fourth-order valence-electron chi connectivity index (χ4n) is 23.1. The number of hydrogen-bond acceptors (Lipinski definition) is 0. The van der Waals surface area contributed by atoms with E-state index < -0.39 is 0 Å². The standard InChI is InChI=1S/C117H94/c1-111(2)97-27-19-15-23-83(97)87-45-35-71(61-101(87)111)77-51-78(72-36-46-88-84-24-16-20-28-98(84)112(3,4)102(88)62-72)54-81(53-77)75-39-49-95-93-43-33-69(59-107(93)116(11,12)109(95)65-75)67-31-41-91-92-42-32-68(58-106(92)115(9,10)105(91)57-67)70-34-44-94-96-50-40-76(66-110(96)117(13,14)108(94)60-70)82-55-79(73-37-47-89-85-25-17-21-29-99(85)113(5,6)103(89)63-73)52-80(56-82)74-38-48-90-86-26-18-22-30-100(86)114(7,8)104(90)64-74/h15-66H,1-14H3. The maximum absolute atomic E-state index is 2.52. The fraction of sp³-hybridized carbons (Fsp3) is 0.179. The van der Waals surface area contributed by atoms with Crippen molar-refractivity contribution in [3.8, 4) is 167 Å². The van der Waals surface area contributed by atoms with Crippen molar-refractivity contribution >= 4 is 0 Å². The van der Waals surface area contributed by atoms with Crippen LogP contribution in [0.2, 0.25) is 0 Å². The van der Waals surface area contributed by atoms with Crippen LogP contribution in [0.25, 0.3) is 167 Å². The van der Waals surface area contributed by atoms with Crippen LogP contribution in [0.5, 0.6) is 0 Å². The summed E-state index contributed by atoms with van der Waals surface area (Å²) in [4.78, 5) is 0. The van der Waals surface area contributed by atoms with Crippen LogP contribution in [0.4, 0.5) is 0 Å². The summed E-state index contributed by atoms with van der Waals surface area (Å²) in [6.45, 7) is 33.8. The second kappa shape index (κ2) is 23.9. The maximum Gasteiger partial charge on any atom is 0.0159 e. The smallest absolute Gasteiger partial charge is 0.0159 e. The Morgan fingerprint density at radius 1 is 0.103 bits per heavy atom. The summed E-state index contributed by atoms with van der Waals surface area (Å²) >= 11 is 0. The predicted octanol–water partition coefficient (Wildman–Crippen LogP) is 31.2. The molecule has 0 spiro atoms. The number of benzene rings is 16. The lowest BCUT2D eigenvalue weighted by atomic mass is 9.79. The Balaban J connectivity index is 0.545. The SMILES string of the molecule is CC1(C)c2ccccc2-c2ccc(-c3cc(-c4ccc5c(c4)C(C)(C)c4ccccc4-5)cc(-c4ccc5c(c4)C(C)(C)c4cc(-c6ccc7c(c6)C(C)(C)c6cc(-c8ccc9c(c8)C(C)(C)c8cc(-c%10cc(-c%11ccc%12c(c%11)C(C)(C)c%11ccccc%11-%12)cc(-c%11ccc%12c(c%11)C(C)(C)c%11ccccc%11-%12)c%10)ccc8-9)ccc6-7)ccc4-5)c3)cc21. The van der Waals surface area contributed by atoms with Gasteiger partial charge in [-0.3, -0.25) is 0 Å². The summed E-state index contributed by atoms with van der Waals surface area (Å²) in [6.07, 6.45) is 0. The third kappa shape index (κ3) is 9.83. The minimum atomic E-state index is -0.247. The lowest BCUT2D eigenvalue weighted by molar-refractivity contribution is 0.659. The van der Waals surface area contributed by atoms with Crippen molar-refractivity contribution in [2.75, 3.05) is 0 Å². The first-order valence-electron chi connectivity index (χ1n) is 42.4. The normalized spacial score (nSPS) is 16.4. The van der Waals surface area contributed by atoms with Gasteiger partial charge in [0.2, 0.25) is 0 Å². The van der Waals surface area contributed by atoms with Gasteiger partial charge in [0.1, 0.15) is 0 Å². The average Bonchev–Trinajstić information content (AvgIpc) is 1.57. The van der Waals surface area contributed by atoms with Gasteiger partial charge in [0.15, 0.2) is 0 Å². The van der Waals surface area contributed by atoms with E-state index in [2.05, 4.69) is 412 Å². The third-order valence-corrected chi connectivity index (χ3v) is 29.9. The molecule has 0 bridgehead atoms. The van der Waals surface area contributed by atoms with Crippen molar-refractivity contribution < 1.29 is 0 Å². The average molecular weight is 1500 g/mol. The van der Waals surface area contributed by atoms with Gasteiger partial charge in [0.25, 0.3) is 0 Å². The molecule has 0 saturated carbocycles. The van der Waals surface area contributed by atoms with Crippen LogP contribution in [0.1, 0.15) is 175 Å². The molecule has 7 aliphatic rings. The molecule has 562 valence electrons. The van der Waals surface area contributed by atoms with Crippen LogP contribution in [-0.4, -0.2) is 0 Å². The van der Waals surface area contributed by atoms with Gasteiger partial charge in [-0.15, -0.1) is 0 Å². The van der Waals surface area contributed by atoms with Gasteiger partial charge >= 0.3 is 0 Å². The van der Waals surface area contributed by atoms with Gasteiger partial charge in [0.05, 0.1) is 0 Å². The predicted molar refractivity (Wildman–Crippen MR) is 493 cm³/mol. The van der Waals surface area contributed by atoms with Crippen molar-refractivity contribution in [3.05, 3.63) is 393 Å². The fourth-order valence-corrected chi connectivity index (χ4v) is 23.1. The minimum absolute atomic E-state index is 0.108. The van der Waals surface area contributed by atoms with E-state index in [4.69, 9.17) is 0 Å². The Morgan fingerprint density at radius 2 is 0.214 bits per heavy atom. The van der Waals surface area contributed by atoms with Crippen molar-refractivity contribution in [2.45, 2.75) is 135 Å². The Labute approximate surface area is 690 Å². The third-order valence-electron chi connectivity index (χ3n) is 29.9. The van der Waals surface area contributed by atoms with Crippen molar-refractivity contribution in [1.82, 2.24) is 0 Å². The molecule has 0 heteroatoms. The van der Waals surface area contributed by atoms with Gasteiger partial charge < -0.3 is 0 Å². The highest BCUT2D eigenvalue weighted by atomic mass is 14.5. The number of rotatable bonds is 8.